The zero-order valence-corrected chi connectivity index (χ0v) is 17.7. The van der Waals surface area contributed by atoms with E-state index < -0.39 is 0 Å². The molecule has 0 fully saturated rings. The van der Waals surface area contributed by atoms with Crippen LogP contribution in [-0.2, 0) is 6.54 Å². The van der Waals surface area contributed by atoms with Crippen molar-refractivity contribution in [3.8, 4) is 0 Å². The SMILES string of the molecule is Cc1cc(C)cc(C(=O)N(CCCn2ccnc2)c2nc3c(C)cccc3s2)c1. The van der Waals surface area contributed by atoms with Gasteiger partial charge in [-0.1, -0.05) is 40.7 Å². The maximum atomic E-state index is 13.5. The largest absolute Gasteiger partial charge is 0.337 e. The lowest BCUT2D eigenvalue weighted by atomic mass is 10.1. The minimum absolute atomic E-state index is 0.000796. The first-order valence-corrected chi connectivity index (χ1v) is 10.5. The lowest BCUT2D eigenvalue weighted by Crippen LogP contribution is -2.32. The molecule has 0 spiro atoms. The average Bonchev–Trinajstić information content (AvgIpc) is 3.34. The van der Waals surface area contributed by atoms with E-state index in [-0.39, 0.29) is 5.91 Å². The van der Waals surface area contributed by atoms with Gasteiger partial charge in [-0.3, -0.25) is 9.69 Å². The van der Waals surface area contributed by atoms with Crippen molar-refractivity contribution in [1.82, 2.24) is 14.5 Å². The number of para-hydroxylation sites is 1. The summed E-state index contributed by atoms with van der Waals surface area (Å²) in [4.78, 5) is 24.2. The Kier molecular flexibility index (Phi) is 5.45. The second kappa shape index (κ2) is 8.17. The average molecular weight is 405 g/mol. The van der Waals surface area contributed by atoms with Crippen LogP contribution in [0, 0.1) is 20.8 Å². The molecular weight excluding hydrogens is 380 g/mol. The summed E-state index contributed by atoms with van der Waals surface area (Å²) in [6.45, 7) is 7.51. The monoisotopic (exact) mass is 404 g/mol. The van der Waals surface area contributed by atoms with E-state index in [1.54, 1.807) is 23.9 Å². The quantitative estimate of drug-likeness (QED) is 0.446. The van der Waals surface area contributed by atoms with Crippen LogP contribution in [0.1, 0.15) is 33.5 Å². The standard InChI is InChI=1S/C23H24N4OS/c1-16-12-17(2)14-19(13-16)22(28)27(10-5-9-26-11-8-24-15-26)23-25-21-18(3)6-4-7-20(21)29-23/h4,6-8,11-15H,5,9-10H2,1-3H3. The van der Waals surface area contributed by atoms with E-state index >= 15 is 0 Å². The van der Waals surface area contributed by atoms with Crippen molar-refractivity contribution in [3.05, 3.63) is 77.4 Å². The highest BCUT2D eigenvalue weighted by Gasteiger charge is 2.22. The molecule has 2 aromatic carbocycles. The van der Waals surface area contributed by atoms with E-state index in [0.29, 0.717) is 12.1 Å². The zero-order chi connectivity index (χ0) is 20.4. The third-order valence-corrected chi connectivity index (χ3v) is 5.95. The molecule has 4 aromatic rings. The number of aromatic nitrogens is 3. The van der Waals surface area contributed by atoms with Crippen LogP contribution in [0.3, 0.4) is 0 Å². The summed E-state index contributed by atoms with van der Waals surface area (Å²) in [5, 5.41) is 0.754. The molecule has 1 amide bonds. The summed E-state index contributed by atoms with van der Waals surface area (Å²) in [6, 6.07) is 12.2. The Morgan fingerprint density at radius 3 is 2.62 bits per heavy atom. The van der Waals surface area contributed by atoms with Crippen LogP contribution in [0.25, 0.3) is 10.2 Å². The molecule has 148 valence electrons. The van der Waals surface area contributed by atoms with Crippen LogP contribution in [0.2, 0.25) is 0 Å². The highest BCUT2D eigenvalue weighted by molar-refractivity contribution is 7.22. The Morgan fingerprint density at radius 1 is 1.14 bits per heavy atom. The van der Waals surface area contributed by atoms with E-state index in [4.69, 9.17) is 4.98 Å². The number of thiazole rings is 1. The number of carbonyl (C=O) groups excluding carboxylic acids is 1. The number of benzene rings is 2. The smallest absolute Gasteiger partial charge is 0.260 e. The van der Waals surface area contributed by atoms with E-state index in [1.165, 1.54) is 0 Å². The molecule has 29 heavy (non-hydrogen) atoms. The van der Waals surface area contributed by atoms with Gasteiger partial charge in [0.1, 0.15) is 0 Å². The Balaban J connectivity index is 1.67. The van der Waals surface area contributed by atoms with Crippen molar-refractivity contribution in [2.75, 3.05) is 11.4 Å². The molecule has 4 rings (SSSR count). The number of anilines is 1. The maximum Gasteiger partial charge on any atom is 0.260 e. The highest BCUT2D eigenvalue weighted by Crippen LogP contribution is 2.31. The molecule has 0 aliphatic rings. The molecule has 0 aliphatic heterocycles. The van der Waals surface area contributed by atoms with Gasteiger partial charge in [-0.2, -0.15) is 0 Å². The van der Waals surface area contributed by atoms with Crippen LogP contribution in [0.4, 0.5) is 5.13 Å². The van der Waals surface area contributed by atoms with E-state index in [1.807, 2.05) is 47.7 Å². The first-order valence-electron chi connectivity index (χ1n) is 9.73. The molecule has 0 saturated heterocycles. The Morgan fingerprint density at radius 2 is 1.93 bits per heavy atom. The third kappa shape index (κ3) is 4.22. The summed E-state index contributed by atoms with van der Waals surface area (Å²) in [5.41, 5.74) is 4.99. The number of amides is 1. The number of carbonyl (C=O) groups is 1. The minimum Gasteiger partial charge on any atom is -0.337 e. The molecule has 0 bridgehead atoms. The van der Waals surface area contributed by atoms with Crippen LogP contribution in [0.15, 0.2) is 55.1 Å². The summed E-state index contributed by atoms with van der Waals surface area (Å²) >= 11 is 1.57. The normalized spacial score (nSPS) is 11.1. The van der Waals surface area contributed by atoms with Crippen molar-refractivity contribution >= 4 is 32.6 Å². The number of imidazole rings is 1. The number of rotatable bonds is 6. The van der Waals surface area contributed by atoms with Gasteiger partial charge in [-0.05, 0) is 51.0 Å². The number of hydrogen-bond acceptors (Lipinski definition) is 4. The van der Waals surface area contributed by atoms with E-state index in [2.05, 4.69) is 30.1 Å². The summed E-state index contributed by atoms with van der Waals surface area (Å²) < 4.78 is 3.13. The summed E-state index contributed by atoms with van der Waals surface area (Å²) in [6.07, 6.45) is 6.34. The van der Waals surface area contributed by atoms with Gasteiger partial charge in [0.2, 0.25) is 0 Å². The van der Waals surface area contributed by atoms with Gasteiger partial charge >= 0.3 is 0 Å². The van der Waals surface area contributed by atoms with Gasteiger partial charge in [0.25, 0.3) is 5.91 Å². The van der Waals surface area contributed by atoms with Crippen LogP contribution in [0.5, 0.6) is 0 Å². The summed E-state index contributed by atoms with van der Waals surface area (Å²) in [5.74, 6) is -0.000796. The van der Waals surface area contributed by atoms with Gasteiger partial charge in [0.05, 0.1) is 16.5 Å². The van der Waals surface area contributed by atoms with Crippen LogP contribution >= 0.6 is 11.3 Å². The fourth-order valence-electron chi connectivity index (χ4n) is 3.56. The highest BCUT2D eigenvalue weighted by atomic mass is 32.1. The first kappa shape index (κ1) is 19.3. The second-order valence-electron chi connectivity index (χ2n) is 7.41. The minimum atomic E-state index is -0.000796. The van der Waals surface area contributed by atoms with Crippen molar-refractivity contribution in [2.45, 2.75) is 33.7 Å². The van der Waals surface area contributed by atoms with Crippen LogP contribution in [-0.4, -0.2) is 27.0 Å². The van der Waals surface area contributed by atoms with Crippen molar-refractivity contribution in [2.24, 2.45) is 0 Å². The predicted molar refractivity (Wildman–Crippen MR) is 119 cm³/mol. The van der Waals surface area contributed by atoms with Gasteiger partial charge in [-0.15, -0.1) is 0 Å². The van der Waals surface area contributed by atoms with Crippen molar-refractivity contribution < 1.29 is 4.79 Å². The first-order chi connectivity index (χ1) is 14.0. The molecule has 0 N–H and O–H groups in total. The number of nitrogens with zero attached hydrogens (tertiary/aromatic N) is 4. The maximum absolute atomic E-state index is 13.5. The lowest BCUT2D eigenvalue weighted by Gasteiger charge is -2.20. The molecule has 6 heteroatoms. The molecule has 0 aliphatic carbocycles. The van der Waals surface area contributed by atoms with E-state index in [0.717, 1.165) is 45.0 Å². The van der Waals surface area contributed by atoms with E-state index in [9.17, 15) is 4.79 Å². The van der Waals surface area contributed by atoms with Crippen LogP contribution < -0.4 is 4.90 Å². The fourth-order valence-corrected chi connectivity index (χ4v) is 4.63. The molecule has 0 unspecified atom stereocenters. The molecule has 5 nitrogen and oxygen atoms in total. The Labute approximate surface area is 174 Å². The Hall–Kier alpha value is -2.99. The topological polar surface area (TPSA) is 51.0 Å². The van der Waals surface area contributed by atoms with Crippen molar-refractivity contribution in [3.63, 3.8) is 0 Å². The zero-order valence-electron chi connectivity index (χ0n) is 16.9. The Bertz CT molecular complexity index is 1130. The predicted octanol–water partition coefficient (Wildman–Crippen LogP) is 5.16. The van der Waals surface area contributed by atoms with Gasteiger partial charge in [0, 0.05) is 31.0 Å². The lowest BCUT2D eigenvalue weighted by molar-refractivity contribution is 0.0986. The molecule has 0 saturated carbocycles. The number of hydrogen-bond donors (Lipinski definition) is 0. The van der Waals surface area contributed by atoms with Gasteiger partial charge in [-0.25, -0.2) is 9.97 Å². The molecular formula is C23H24N4OS. The fraction of sp³-hybridized carbons (Fsp3) is 0.261. The molecule has 2 heterocycles. The second-order valence-corrected chi connectivity index (χ2v) is 8.41. The third-order valence-electron chi connectivity index (χ3n) is 4.91. The molecule has 0 atom stereocenters. The number of fused-ring (bicyclic) bond motifs is 1. The van der Waals surface area contributed by atoms with Crippen molar-refractivity contribution in [1.29, 1.82) is 0 Å². The van der Waals surface area contributed by atoms with Gasteiger partial charge < -0.3 is 4.57 Å². The van der Waals surface area contributed by atoms with Gasteiger partial charge in [0.15, 0.2) is 5.13 Å². The summed E-state index contributed by atoms with van der Waals surface area (Å²) in [7, 11) is 0. The number of aryl methyl sites for hydroxylation is 4. The molecule has 2 aromatic heterocycles. The molecule has 0 radical (unpaired) electrons.